The lowest BCUT2D eigenvalue weighted by molar-refractivity contribution is 0.0949. The van der Waals surface area contributed by atoms with E-state index in [1.165, 1.54) is 19.0 Å². The van der Waals surface area contributed by atoms with Crippen LogP contribution in [0.25, 0.3) is 0 Å². The molecular formula is C14H15ClN4O2. The van der Waals surface area contributed by atoms with Crippen LogP contribution in [0.5, 0.6) is 0 Å². The average Bonchev–Trinajstić information content (AvgIpc) is 3.16. The molecule has 0 bridgehead atoms. The highest BCUT2D eigenvalue weighted by Gasteiger charge is 2.23. The third-order valence-electron chi connectivity index (χ3n) is 3.58. The average molecular weight is 307 g/mol. The molecule has 110 valence electrons. The number of nitrogens with one attached hydrogen (secondary N) is 1. The number of hydrogen-bond acceptors (Lipinski definition) is 5. The van der Waals surface area contributed by atoms with Crippen LogP contribution in [0.3, 0.4) is 0 Å². The van der Waals surface area contributed by atoms with Gasteiger partial charge in [-0.2, -0.15) is 4.98 Å². The highest BCUT2D eigenvalue weighted by Crippen LogP contribution is 2.32. The van der Waals surface area contributed by atoms with E-state index < -0.39 is 0 Å². The summed E-state index contributed by atoms with van der Waals surface area (Å²) in [6, 6.07) is 3.19. The summed E-state index contributed by atoms with van der Waals surface area (Å²) in [5.41, 5.74) is 0.443. The van der Waals surface area contributed by atoms with Gasteiger partial charge in [-0.1, -0.05) is 29.6 Å². The number of pyridine rings is 1. The van der Waals surface area contributed by atoms with Gasteiger partial charge in [0.05, 0.1) is 12.1 Å². The summed E-state index contributed by atoms with van der Waals surface area (Å²) < 4.78 is 5.26. The molecule has 6 nitrogen and oxygen atoms in total. The molecule has 0 atom stereocenters. The fraction of sp³-hybridized carbons (Fsp3) is 0.429. The summed E-state index contributed by atoms with van der Waals surface area (Å²) >= 11 is 5.68. The van der Waals surface area contributed by atoms with Crippen molar-refractivity contribution in [3.63, 3.8) is 0 Å². The van der Waals surface area contributed by atoms with Crippen LogP contribution in [-0.2, 0) is 6.54 Å². The van der Waals surface area contributed by atoms with Crippen LogP contribution in [0.1, 0.15) is 53.7 Å². The minimum absolute atomic E-state index is 0.234. The second kappa shape index (κ2) is 6.22. The Hall–Kier alpha value is -1.95. The highest BCUT2D eigenvalue weighted by molar-refractivity contribution is 6.29. The molecule has 1 aliphatic rings. The van der Waals surface area contributed by atoms with Gasteiger partial charge in [0.25, 0.3) is 5.91 Å². The highest BCUT2D eigenvalue weighted by atomic mass is 35.5. The summed E-state index contributed by atoms with van der Waals surface area (Å²) in [7, 11) is 0. The minimum atomic E-state index is -0.244. The molecule has 2 aromatic rings. The maximum Gasteiger partial charge on any atom is 0.253 e. The molecule has 3 rings (SSSR count). The molecule has 1 amide bonds. The Labute approximate surface area is 126 Å². The SMILES string of the molecule is O=C(NCc1noc(C2CCCC2)n1)c1ccc(Cl)nc1. The van der Waals surface area contributed by atoms with Gasteiger partial charge in [-0.3, -0.25) is 4.79 Å². The lowest BCUT2D eigenvalue weighted by atomic mass is 10.1. The van der Waals surface area contributed by atoms with Gasteiger partial charge in [-0.25, -0.2) is 4.98 Å². The van der Waals surface area contributed by atoms with Crippen molar-refractivity contribution in [1.29, 1.82) is 0 Å². The summed E-state index contributed by atoms with van der Waals surface area (Å²) in [6.45, 7) is 0.234. The molecule has 0 saturated heterocycles. The fourth-order valence-corrected chi connectivity index (χ4v) is 2.56. The molecule has 1 aliphatic carbocycles. The van der Waals surface area contributed by atoms with Gasteiger partial charge in [0.15, 0.2) is 5.82 Å². The largest absolute Gasteiger partial charge is 0.345 e. The van der Waals surface area contributed by atoms with Crippen LogP contribution in [0.4, 0.5) is 0 Å². The smallest absolute Gasteiger partial charge is 0.253 e. The molecule has 0 radical (unpaired) electrons. The summed E-state index contributed by atoms with van der Waals surface area (Å²) in [5.74, 6) is 1.31. The number of halogens is 1. The lowest BCUT2D eigenvalue weighted by Gasteiger charge is -2.02. The quantitative estimate of drug-likeness (QED) is 0.878. The van der Waals surface area contributed by atoms with E-state index in [2.05, 4.69) is 20.4 Å². The van der Waals surface area contributed by atoms with Gasteiger partial charge < -0.3 is 9.84 Å². The molecular weight excluding hydrogens is 292 g/mol. The predicted octanol–water partition coefficient (Wildman–Crippen LogP) is 2.71. The first-order valence-electron chi connectivity index (χ1n) is 6.94. The Kier molecular flexibility index (Phi) is 4.15. The summed E-state index contributed by atoms with van der Waals surface area (Å²) in [5, 5.41) is 6.99. The molecule has 21 heavy (non-hydrogen) atoms. The molecule has 1 fully saturated rings. The molecule has 0 aromatic carbocycles. The van der Waals surface area contributed by atoms with Crippen molar-refractivity contribution in [2.75, 3.05) is 0 Å². The zero-order valence-corrected chi connectivity index (χ0v) is 12.1. The van der Waals surface area contributed by atoms with Crippen molar-refractivity contribution in [1.82, 2.24) is 20.4 Å². The zero-order valence-electron chi connectivity index (χ0n) is 11.4. The third-order valence-corrected chi connectivity index (χ3v) is 3.81. The maximum atomic E-state index is 11.9. The Morgan fingerprint density at radius 3 is 2.90 bits per heavy atom. The van der Waals surface area contributed by atoms with E-state index in [1.807, 2.05) is 0 Å². The van der Waals surface area contributed by atoms with Gasteiger partial charge in [-0.15, -0.1) is 0 Å². The Balaban J connectivity index is 1.57. The van der Waals surface area contributed by atoms with Crippen LogP contribution >= 0.6 is 11.6 Å². The molecule has 0 spiro atoms. The molecule has 7 heteroatoms. The topological polar surface area (TPSA) is 80.9 Å². The van der Waals surface area contributed by atoms with Gasteiger partial charge in [0.1, 0.15) is 5.15 Å². The molecule has 0 unspecified atom stereocenters. The standard InChI is InChI=1S/C14H15ClN4O2/c15-11-6-5-10(7-16-11)13(20)17-8-12-18-14(21-19-12)9-3-1-2-4-9/h5-7,9H,1-4,8H2,(H,17,20). The number of amides is 1. The minimum Gasteiger partial charge on any atom is -0.345 e. The van der Waals surface area contributed by atoms with Crippen LogP contribution in [0, 0.1) is 0 Å². The monoisotopic (exact) mass is 306 g/mol. The molecule has 2 heterocycles. The van der Waals surface area contributed by atoms with Crippen molar-refractivity contribution in [3.8, 4) is 0 Å². The van der Waals surface area contributed by atoms with E-state index in [1.54, 1.807) is 12.1 Å². The Morgan fingerprint density at radius 1 is 1.38 bits per heavy atom. The molecule has 2 aromatic heterocycles. The van der Waals surface area contributed by atoms with E-state index in [-0.39, 0.29) is 12.5 Å². The van der Waals surface area contributed by atoms with Crippen LogP contribution < -0.4 is 5.32 Å². The van der Waals surface area contributed by atoms with Gasteiger partial charge in [-0.05, 0) is 25.0 Å². The molecule has 1 saturated carbocycles. The van der Waals surface area contributed by atoms with E-state index in [9.17, 15) is 4.79 Å². The Morgan fingerprint density at radius 2 is 2.19 bits per heavy atom. The van der Waals surface area contributed by atoms with E-state index in [0.29, 0.717) is 28.3 Å². The lowest BCUT2D eigenvalue weighted by Crippen LogP contribution is -2.23. The number of carbonyl (C=O) groups excluding carboxylic acids is 1. The van der Waals surface area contributed by atoms with E-state index in [0.717, 1.165) is 12.8 Å². The first-order chi connectivity index (χ1) is 10.2. The number of hydrogen-bond donors (Lipinski definition) is 1. The predicted molar refractivity (Wildman–Crippen MR) is 75.9 cm³/mol. The van der Waals surface area contributed by atoms with Crippen LogP contribution in [0.2, 0.25) is 5.15 Å². The van der Waals surface area contributed by atoms with Crippen LogP contribution in [-0.4, -0.2) is 21.0 Å². The first kappa shape index (κ1) is 14.0. The first-order valence-corrected chi connectivity index (χ1v) is 7.32. The summed E-state index contributed by atoms with van der Waals surface area (Å²) in [6.07, 6.45) is 6.05. The van der Waals surface area contributed by atoms with Crippen molar-refractivity contribution in [3.05, 3.63) is 40.8 Å². The van der Waals surface area contributed by atoms with Crippen LogP contribution in [0.15, 0.2) is 22.9 Å². The Bertz CT molecular complexity index is 620. The number of rotatable bonds is 4. The number of carbonyl (C=O) groups is 1. The fourth-order valence-electron chi connectivity index (χ4n) is 2.45. The second-order valence-electron chi connectivity index (χ2n) is 5.08. The van der Waals surface area contributed by atoms with E-state index >= 15 is 0 Å². The van der Waals surface area contributed by atoms with Gasteiger partial charge in [0, 0.05) is 12.1 Å². The summed E-state index contributed by atoms with van der Waals surface area (Å²) in [4.78, 5) is 20.1. The number of aromatic nitrogens is 3. The molecule has 0 aliphatic heterocycles. The van der Waals surface area contributed by atoms with Crippen molar-refractivity contribution in [2.24, 2.45) is 0 Å². The normalized spacial score (nSPS) is 15.3. The maximum absolute atomic E-state index is 11.9. The molecule has 1 N–H and O–H groups in total. The van der Waals surface area contributed by atoms with Gasteiger partial charge in [0.2, 0.25) is 5.89 Å². The van der Waals surface area contributed by atoms with Crippen molar-refractivity contribution >= 4 is 17.5 Å². The van der Waals surface area contributed by atoms with E-state index in [4.69, 9.17) is 16.1 Å². The van der Waals surface area contributed by atoms with Gasteiger partial charge >= 0.3 is 0 Å². The second-order valence-corrected chi connectivity index (χ2v) is 5.47. The third kappa shape index (κ3) is 3.39. The van der Waals surface area contributed by atoms with Crippen molar-refractivity contribution in [2.45, 2.75) is 38.1 Å². The van der Waals surface area contributed by atoms with Crippen molar-refractivity contribution < 1.29 is 9.32 Å². The zero-order chi connectivity index (χ0) is 14.7. The number of nitrogens with zero attached hydrogens (tertiary/aromatic N) is 3.